The van der Waals surface area contributed by atoms with Gasteiger partial charge in [-0.05, 0) is 25.7 Å². The zero-order chi connectivity index (χ0) is 15.9. The SMILES string of the molecule is CC(C)C1C(=O)N2CCCC2C(=O)N1C(C)CC(F)(F)F. The van der Waals surface area contributed by atoms with E-state index in [4.69, 9.17) is 0 Å². The number of amides is 2. The summed E-state index contributed by atoms with van der Waals surface area (Å²) in [5, 5.41) is 0. The number of nitrogens with zero attached hydrogens (tertiary/aromatic N) is 2. The van der Waals surface area contributed by atoms with Gasteiger partial charge in [0.15, 0.2) is 0 Å². The number of carbonyl (C=O) groups excluding carboxylic acids is 2. The Morgan fingerprint density at radius 3 is 2.33 bits per heavy atom. The van der Waals surface area contributed by atoms with Crippen LogP contribution >= 0.6 is 0 Å². The summed E-state index contributed by atoms with van der Waals surface area (Å²) in [7, 11) is 0. The molecule has 4 nitrogen and oxygen atoms in total. The lowest BCUT2D eigenvalue weighted by atomic mass is 9.93. The van der Waals surface area contributed by atoms with Gasteiger partial charge in [0.1, 0.15) is 12.1 Å². The van der Waals surface area contributed by atoms with Gasteiger partial charge in [0.2, 0.25) is 11.8 Å². The fraction of sp³-hybridized carbons (Fsp3) is 0.857. The minimum absolute atomic E-state index is 0.207. The number of hydrogen-bond donors (Lipinski definition) is 0. The molecule has 3 atom stereocenters. The van der Waals surface area contributed by atoms with Gasteiger partial charge in [-0.3, -0.25) is 9.59 Å². The molecule has 2 aliphatic rings. The smallest absolute Gasteiger partial charge is 0.329 e. The van der Waals surface area contributed by atoms with E-state index < -0.39 is 30.7 Å². The summed E-state index contributed by atoms with van der Waals surface area (Å²) in [4.78, 5) is 27.8. The van der Waals surface area contributed by atoms with E-state index in [0.29, 0.717) is 13.0 Å². The van der Waals surface area contributed by atoms with Crippen molar-refractivity contribution in [2.45, 2.75) is 64.3 Å². The Kier molecular flexibility index (Phi) is 4.22. The fourth-order valence-corrected chi connectivity index (χ4v) is 3.42. The molecule has 0 aromatic rings. The molecule has 0 saturated carbocycles. The third kappa shape index (κ3) is 3.01. The van der Waals surface area contributed by atoms with Crippen LogP contribution < -0.4 is 0 Å². The largest absolute Gasteiger partial charge is 0.391 e. The molecule has 7 heteroatoms. The first kappa shape index (κ1) is 16.1. The van der Waals surface area contributed by atoms with Crippen molar-refractivity contribution in [1.82, 2.24) is 9.80 Å². The summed E-state index contributed by atoms with van der Waals surface area (Å²) in [6.45, 7) is 5.43. The number of hydrogen-bond acceptors (Lipinski definition) is 2. The first-order valence-corrected chi connectivity index (χ1v) is 7.33. The van der Waals surface area contributed by atoms with Crippen LogP contribution in [0, 0.1) is 5.92 Å². The molecular weight excluding hydrogens is 285 g/mol. The van der Waals surface area contributed by atoms with Crippen molar-refractivity contribution >= 4 is 11.8 Å². The molecule has 0 N–H and O–H groups in total. The number of fused-ring (bicyclic) bond motifs is 1. The maximum absolute atomic E-state index is 12.6. The normalized spacial score (nSPS) is 28.3. The molecule has 0 spiro atoms. The first-order chi connectivity index (χ1) is 9.63. The quantitative estimate of drug-likeness (QED) is 0.802. The Labute approximate surface area is 122 Å². The Balaban J connectivity index is 2.30. The van der Waals surface area contributed by atoms with E-state index in [0.717, 1.165) is 6.42 Å². The molecule has 2 aliphatic heterocycles. The van der Waals surface area contributed by atoms with Crippen molar-refractivity contribution < 1.29 is 22.8 Å². The second-order valence-corrected chi connectivity index (χ2v) is 6.29. The van der Waals surface area contributed by atoms with Crippen LogP contribution in [0.2, 0.25) is 0 Å². The first-order valence-electron chi connectivity index (χ1n) is 7.33. The molecule has 2 amide bonds. The minimum Gasteiger partial charge on any atom is -0.329 e. The average Bonchev–Trinajstić information content (AvgIpc) is 2.79. The highest BCUT2D eigenvalue weighted by molar-refractivity contribution is 5.97. The number of carbonyl (C=O) groups is 2. The summed E-state index contributed by atoms with van der Waals surface area (Å²) in [6, 6.07) is -2.37. The van der Waals surface area contributed by atoms with E-state index in [1.807, 2.05) is 0 Å². The third-order valence-electron chi connectivity index (χ3n) is 4.26. The molecule has 0 aliphatic carbocycles. The highest BCUT2D eigenvalue weighted by Gasteiger charge is 2.51. The molecule has 2 heterocycles. The summed E-state index contributed by atoms with van der Waals surface area (Å²) >= 11 is 0. The van der Waals surface area contributed by atoms with Gasteiger partial charge >= 0.3 is 6.18 Å². The summed E-state index contributed by atoms with van der Waals surface area (Å²) in [5.74, 6) is -0.748. The Bertz CT molecular complexity index is 436. The summed E-state index contributed by atoms with van der Waals surface area (Å²) in [6.07, 6.45) is -4.15. The van der Waals surface area contributed by atoms with E-state index in [9.17, 15) is 22.8 Å². The molecule has 2 rings (SSSR count). The van der Waals surface area contributed by atoms with Crippen molar-refractivity contribution in [3.05, 3.63) is 0 Å². The van der Waals surface area contributed by atoms with Gasteiger partial charge in [-0.1, -0.05) is 13.8 Å². The van der Waals surface area contributed by atoms with Gasteiger partial charge in [0.05, 0.1) is 6.42 Å². The van der Waals surface area contributed by atoms with Crippen LogP contribution in [-0.4, -0.2) is 52.5 Å². The number of alkyl halides is 3. The zero-order valence-corrected chi connectivity index (χ0v) is 12.5. The van der Waals surface area contributed by atoms with Crippen molar-refractivity contribution in [2.75, 3.05) is 6.54 Å². The lowest BCUT2D eigenvalue weighted by molar-refractivity contribution is -0.174. The second-order valence-electron chi connectivity index (χ2n) is 6.29. The molecule has 21 heavy (non-hydrogen) atoms. The van der Waals surface area contributed by atoms with Crippen LogP contribution in [0.15, 0.2) is 0 Å². The van der Waals surface area contributed by atoms with Gasteiger partial charge in [-0.2, -0.15) is 13.2 Å². The lowest BCUT2D eigenvalue weighted by Crippen LogP contribution is -2.66. The molecule has 2 saturated heterocycles. The van der Waals surface area contributed by atoms with Crippen LogP contribution in [0.4, 0.5) is 13.2 Å². The van der Waals surface area contributed by atoms with Crippen LogP contribution in [0.25, 0.3) is 0 Å². The minimum atomic E-state index is -4.35. The van der Waals surface area contributed by atoms with Gasteiger partial charge < -0.3 is 9.80 Å². The van der Waals surface area contributed by atoms with Crippen LogP contribution in [0.1, 0.15) is 40.0 Å². The fourth-order valence-electron chi connectivity index (χ4n) is 3.42. The van der Waals surface area contributed by atoms with Gasteiger partial charge in [-0.15, -0.1) is 0 Å². The standard InChI is InChI=1S/C14H21F3N2O2/c1-8(2)11-13(21)18-6-4-5-10(18)12(20)19(11)9(3)7-14(15,16)17/h8-11H,4-7H2,1-3H3. The maximum Gasteiger partial charge on any atom is 0.391 e. The average molecular weight is 306 g/mol. The Hall–Kier alpha value is -1.27. The van der Waals surface area contributed by atoms with Crippen molar-refractivity contribution in [3.8, 4) is 0 Å². The van der Waals surface area contributed by atoms with Gasteiger partial charge in [-0.25, -0.2) is 0 Å². The predicted octanol–water partition coefficient (Wildman–Crippen LogP) is 2.19. The van der Waals surface area contributed by atoms with E-state index in [1.54, 1.807) is 18.7 Å². The molecule has 2 fully saturated rings. The van der Waals surface area contributed by atoms with Crippen LogP contribution in [-0.2, 0) is 9.59 Å². The molecule has 0 bridgehead atoms. The van der Waals surface area contributed by atoms with E-state index in [2.05, 4.69) is 0 Å². The summed E-state index contributed by atoms with van der Waals surface area (Å²) in [5.41, 5.74) is 0. The van der Waals surface area contributed by atoms with Crippen LogP contribution in [0.3, 0.4) is 0 Å². The van der Waals surface area contributed by atoms with E-state index in [1.165, 1.54) is 11.8 Å². The van der Waals surface area contributed by atoms with Gasteiger partial charge in [0, 0.05) is 12.6 Å². The second kappa shape index (κ2) is 5.50. The van der Waals surface area contributed by atoms with E-state index >= 15 is 0 Å². The summed E-state index contributed by atoms with van der Waals surface area (Å²) < 4.78 is 37.9. The zero-order valence-electron chi connectivity index (χ0n) is 12.5. The highest BCUT2D eigenvalue weighted by atomic mass is 19.4. The highest BCUT2D eigenvalue weighted by Crippen LogP contribution is 2.34. The molecular formula is C14H21F3N2O2. The monoisotopic (exact) mass is 306 g/mol. The predicted molar refractivity (Wildman–Crippen MR) is 70.3 cm³/mol. The third-order valence-corrected chi connectivity index (χ3v) is 4.26. The van der Waals surface area contributed by atoms with E-state index in [-0.39, 0.29) is 17.7 Å². The maximum atomic E-state index is 12.6. The van der Waals surface area contributed by atoms with Crippen molar-refractivity contribution in [1.29, 1.82) is 0 Å². The molecule has 0 radical (unpaired) electrons. The molecule has 0 aromatic heterocycles. The topological polar surface area (TPSA) is 40.6 Å². The van der Waals surface area contributed by atoms with Gasteiger partial charge in [0.25, 0.3) is 0 Å². The number of rotatable bonds is 3. The molecule has 3 unspecified atom stereocenters. The van der Waals surface area contributed by atoms with Crippen molar-refractivity contribution in [3.63, 3.8) is 0 Å². The number of piperazine rings is 1. The molecule has 0 aromatic carbocycles. The Morgan fingerprint density at radius 1 is 1.19 bits per heavy atom. The Morgan fingerprint density at radius 2 is 1.81 bits per heavy atom. The lowest BCUT2D eigenvalue weighted by Gasteiger charge is -2.46. The number of halogens is 3. The molecule has 120 valence electrons. The van der Waals surface area contributed by atoms with Crippen LogP contribution in [0.5, 0.6) is 0 Å². The van der Waals surface area contributed by atoms with Crippen molar-refractivity contribution in [2.24, 2.45) is 5.92 Å².